The Hall–Kier alpha value is -16.6. The van der Waals surface area contributed by atoms with Crippen LogP contribution in [0.4, 0.5) is 0 Å². The van der Waals surface area contributed by atoms with Gasteiger partial charge in [-0.3, -0.25) is 45.0 Å². The third-order valence-corrected chi connectivity index (χ3v) is 19.8. The number of para-hydroxylation sites is 7. The molecule has 0 atom stereocenters. The molecule has 0 saturated carbocycles. The van der Waals surface area contributed by atoms with Crippen molar-refractivity contribution in [1.82, 2.24) is 99.9 Å². The van der Waals surface area contributed by atoms with Crippen LogP contribution in [0.15, 0.2) is 446 Å². The molecule has 0 aliphatic rings. The number of H-pyrrole nitrogens is 1. The van der Waals surface area contributed by atoms with Gasteiger partial charge in [-0.2, -0.15) is 19.7 Å². The van der Waals surface area contributed by atoms with Crippen molar-refractivity contribution in [2.75, 3.05) is 0 Å². The lowest BCUT2D eigenvalue weighted by molar-refractivity contribution is 0.456. The highest BCUT2D eigenvalue weighted by molar-refractivity contribution is 7.17. The normalized spacial score (nSPS) is 10.1. The first kappa shape index (κ1) is 83.0. The second-order valence-electron chi connectivity index (χ2n) is 25.5. The molecular formula is C97H72N20O3S3. The van der Waals surface area contributed by atoms with E-state index in [9.17, 15) is 0 Å². The monoisotopic (exact) mass is 1660 g/mol. The van der Waals surface area contributed by atoms with Gasteiger partial charge in [0.15, 0.2) is 16.8 Å². The van der Waals surface area contributed by atoms with E-state index in [-0.39, 0.29) is 0 Å². The minimum absolute atomic E-state index is 0.734. The molecule has 0 aliphatic carbocycles. The maximum atomic E-state index is 5.08. The van der Waals surface area contributed by atoms with E-state index in [0.29, 0.717) is 0 Å². The van der Waals surface area contributed by atoms with Crippen LogP contribution in [0.1, 0.15) is 0 Å². The van der Waals surface area contributed by atoms with E-state index in [2.05, 4.69) is 148 Å². The van der Waals surface area contributed by atoms with Crippen molar-refractivity contribution in [2.24, 2.45) is 0 Å². The first-order chi connectivity index (χ1) is 61.1. The lowest BCUT2D eigenvalue weighted by atomic mass is 10.2. The van der Waals surface area contributed by atoms with Gasteiger partial charge in [0.2, 0.25) is 0 Å². The number of nitrogens with zero attached hydrogens (tertiary/aromatic N) is 19. The zero-order valence-electron chi connectivity index (χ0n) is 65.4. The number of aromatic nitrogens is 20. The first-order valence-corrected chi connectivity index (χ1v) is 40.6. The number of pyridine rings is 8. The molecular weight excluding hydrogens is 1590 g/mol. The molecule has 0 spiro atoms. The van der Waals surface area contributed by atoms with Crippen LogP contribution >= 0.6 is 34.2 Å². The molecule has 0 fully saturated rings. The lowest BCUT2D eigenvalue weighted by Gasteiger charge is -1.91. The Kier molecular flexibility index (Phi) is 30.9. The number of fused-ring (bicyclic) bond motifs is 13. The zero-order valence-corrected chi connectivity index (χ0v) is 67.9. The third kappa shape index (κ3) is 25.5. The number of hydrogen-bond donors (Lipinski definition) is 1. The Morgan fingerprint density at radius 1 is 0.252 bits per heavy atom. The van der Waals surface area contributed by atoms with Gasteiger partial charge in [-0.1, -0.05) is 162 Å². The molecule has 0 aliphatic heterocycles. The van der Waals surface area contributed by atoms with Crippen LogP contribution in [0.25, 0.3) is 140 Å². The molecule has 26 rings (SSSR count). The molecule has 26 heteroatoms. The van der Waals surface area contributed by atoms with Gasteiger partial charge in [0.25, 0.3) is 0 Å². The number of aromatic amines is 1. The van der Waals surface area contributed by atoms with E-state index in [1.165, 1.54) is 47.2 Å². The summed E-state index contributed by atoms with van der Waals surface area (Å²) in [6, 6.07) is 93.1. The van der Waals surface area contributed by atoms with Crippen LogP contribution in [0.3, 0.4) is 0 Å². The second-order valence-corrected chi connectivity index (χ2v) is 28.1. The summed E-state index contributed by atoms with van der Waals surface area (Å²) in [5.74, 6) is 0. The predicted octanol–water partition coefficient (Wildman–Crippen LogP) is 23.7. The number of benzene rings is 8. The van der Waals surface area contributed by atoms with Crippen LogP contribution in [-0.2, 0) is 0 Å². The topological polar surface area (TPSA) is 300 Å². The average molecular weight is 1660 g/mol. The Balaban J connectivity index is 0.000000109. The van der Waals surface area contributed by atoms with Crippen molar-refractivity contribution in [3.05, 3.63) is 433 Å². The van der Waals surface area contributed by atoms with Gasteiger partial charge >= 0.3 is 0 Å². The summed E-state index contributed by atoms with van der Waals surface area (Å²) in [4.78, 5) is 52.6. The molecule has 18 aromatic heterocycles. The maximum Gasteiger partial charge on any atom is 0.185 e. The van der Waals surface area contributed by atoms with E-state index < -0.39 is 0 Å². The molecule has 123 heavy (non-hydrogen) atoms. The van der Waals surface area contributed by atoms with Crippen molar-refractivity contribution < 1.29 is 13.5 Å². The molecule has 8 aromatic carbocycles. The van der Waals surface area contributed by atoms with Crippen molar-refractivity contribution in [2.45, 2.75) is 0 Å². The number of thiophene rings is 1. The maximum absolute atomic E-state index is 5.08. The molecule has 18 heterocycles. The first-order valence-electron chi connectivity index (χ1n) is 38.1. The van der Waals surface area contributed by atoms with Gasteiger partial charge in [-0.15, -0.1) is 22.7 Å². The van der Waals surface area contributed by atoms with Crippen molar-refractivity contribution in [1.29, 1.82) is 0 Å². The van der Waals surface area contributed by atoms with Gasteiger partial charge in [0.05, 0.1) is 97.0 Å². The Bertz CT molecular complexity index is 5750. The summed E-state index contributed by atoms with van der Waals surface area (Å²) in [7, 11) is 0. The van der Waals surface area contributed by atoms with Crippen LogP contribution in [0.2, 0.25) is 0 Å². The molecule has 0 unspecified atom stereocenters. The number of rotatable bonds is 0. The molecule has 1 N–H and O–H groups in total. The minimum atomic E-state index is 0.734. The van der Waals surface area contributed by atoms with Gasteiger partial charge in [0.1, 0.15) is 17.4 Å². The highest BCUT2D eigenvalue weighted by atomic mass is 32.1. The van der Waals surface area contributed by atoms with Gasteiger partial charge in [-0.05, 0) is 150 Å². The van der Waals surface area contributed by atoms with E-state index >= 15 is 0 Å². The predicted molar refractivity (Wildman–Crippen MR) is 494 cm³/mol. The molecule has 596 valence electrons. The van der Waals surface area contributed by atoms with Crippen LogP contribution in [0.5, 0.6) is 0 Å². The van der Waals surface area contributed by atoms with E-state index in [1.807, 2.05) is 292 Å². The lowest BCUT2D eigenvalue weighted by Crippen LogP contribution is -1.78. The van der Waals surface area contributed by atoms with E-state index in [4.69, 9.17) is 13.5 Å². The van der Waals surface area contributed by atoms with Gasteiger partial charge < -0.3 is 13.5 Å². The fourth-order valence-corrected chi connectivity index (χ4v) is 13.3. The van der Waals surface area contributed by atoms with E-state index in [1.54, 1.807) is 116 Å². The number of furan rings is 1. The number of hydrogen-bond acceptors (Lipinski definition) is 25. The fourth-order valence-electron chi connectivity index (χ4n) is 11.2. The third-order valence-electron chi connectivity index (χ3n) is 17.3. The second kappa shape index (κ2) is 45.8. The summed E-state index contributed by atoms with van der Waals surface area (Å²) in [5, 5.41) is 36.1. The number of nitrogens with one attached hydrogen (secondary N) is 1. The van der Waals surface area contributed by atoms with Crippen LogP contribution in [0, 0.1) is 0 Å². The van der Waals surface area contributed by atoms with Crippen molar-refractivity contribution >= 4 is 174 Å². The SMILES string of the molecule is c1cc2occc2cn1.c1cc2sccc2cn1.c1cc2scnc2cn1.c1ccc2[nH]ncc2c1.c1ccc2cnncc2c1.c1ccc2ncccc2c1.c1ccc2ncccc2c1.c1ccc2nccnc2c1.c1ccc2ncncc2c1.c1ccc2oncc2c1.c1ccc2sncc2c1.c1cnc2cnoc2c1.c1cnc2ncccc2c1. The van der Waals surface area contributed by atoms with E-state index in [0.717, 1.165) is 104 Å². The molecule has 0 bridgehead atoms. The minimum Gasteiger partial charge on any atom is -0.464 e. The quantitative estimate of drug-likeness (QED) is 0.147. The summed E-state index contributed by atoms with van der Waals surface area (Å²) < 4.78 is 22.6. The fraction of sp³-hybridized carbons (Fsp3) is 0. The molecule has 0 saturated heterocycles. The summed E-state index contributed by atoms with van der Waals surface area (Å²) in [6.45, 7) is 0. The molecule has 23 nitrogen and oxygen atoms in total. The molecule has 26 aromatic rings. The Labute approximate surface area is 715 Å². The van der Waals surface area contributed by atoms with Gasteiger partial charge in [-0.25, -0.2) is 24.9 Å². The Morgan fingerprint density at radius 2 is 0.740 bits per heavy atom. The zero-order chi connectivity index (χ0) is 83.6. The standard InChI is InChI=1S/2C9H7N.4C8H6N2.C7H6N2.2C7H5NO.2C7H5NS.C6H4N2O.C6H4N2S/c2*1-2-6-9-8(4-1)5-3-7-10-9;1-3-7-4-2-6-10-8(7)9-5-1;1-2-4-8-7(3-1)5-9-6-10-8;1-2-4-8-6-10-9-5-7(8)3-1;1-2-4-8-7(3-1)9-5-6-10-8;1-2-4-7-6(3-1)5-8-9-7;1-3-8-5-6-2-4-9-7(1)6;1-2-4-7-6(3-1)5-8-9-7;1-3-8-5-6-2-4-9-7(1)6;1-2-4-7-6(3-1)5-8-9-7;1-2-6-5(7-3-1)4-8-9-6;1-2-7-3-5-6(1)9-4-8-5/h2*1-7H;4*1-6H;1-5H,(H,8,9);4*1-5H;2*1-4H. The molecule has 0 radical (unpaired) electrons. The average Bonchev–Trinajstić information content (AvgIpc) is 0.988. The summed E-state index contributed by atoms with van der Waals surface area (Å²) >= 11 is 4.92. The van der Waals surface area contributed by atoms with Crippen molar-refractivity contribution in [3.63, 3.8) is 0 Å². The van der Waals surface area contributed by atoms with Crippen molar-refractivity contribution in [3.8, 4) is 0 Å². The highest BCUT2D eigenvalue weighted by Crippen LogP contribution is 2.21. The highest BCUT2D eigenvalue weighted by Gasteiger charge is 1.99. The largest absolute Gasteiger partial charge is 0.464 e. The number of thiazole rings is 1. The molecule has 0 amide bonds. The summed E-state index contributed by atoms with van der Waals surface area (Å²) in [6.07, 6.45) is 38.5. The summed E-state index contributed by atoms with van der Waals surface area (Å²) in [5.41, 5.74) is 13.0. The van der Waals surface area contributed by atoms with Gasteiger partial charge in [0, 0.05) is 151 Å². The smallest absolute Gasteiger partial charge is 0.185 e. The van der Waals surface area contributed by atoms with Crippen LogP contribution in [-0.4, -0.2) is 99.9 Å². The van der Waals surface area contributed by atoms with Crippen LogP contribution < -0.4 is 0 Å². The Morgan fingerprint density at radius 3 is 1.37 bits per heavy atom.